The highest BCUT2D eigenvalue weighted by atomic mass is 16.7. The molecule has 0 aromatic heterocycles. The maximum Gasteiger partial charge on any atom is 0.168 e. The van der Waals surface area contributed by atoms with Crippen LogP contribution in [0.2, 0.25) is 0 Å². The smallest absolute Gasteiger partial charge is 0.168 e. The summed E-state index contributed by atoms with van der Waals surface area (Å²) in [4.78, 5) is 0. The number of ether oxygens (including phenoxy) is 4. The van der Waals surface area contributed by atoms with E-state index in [1.54, 1.807) is 0 Å². The van der Waals surface area contributed by atoms with Gasteiger partial charge in [0.05, 0.1) is 50.6 Å². The lowest BCUT2D eigenvalue weighted by Gasteiger charge is -2.54. The first-order valence-electron chi connectivity index (χ1n) is 11.7. The summed E-state index contributed by atoms with van der Waals surface area (Å²) in [5.41, 5.74) is 5.28. The fourth-order valence-corrected chi connectivity index (χ4v) is 4.67. The minimum absolute atomic E-state index is 0.00971. The average Bonchev–Trinajstić information content (AvgIpc) is 2.79. The molecule has 3 aliphatic rings. The summed E-state index contributed by atoms with van der Waals surface area (Å²) in [7, 11) is 0. The van der Waals surface area contributed by atoms with Crippen molar-refractivity contribution in [1.82, 2.24) is 5.32 Å². The number of hydrogen-bond acceptors (Lipinski definition) is 8. The molecule has 0 bridgehead atoms. The Bertz CT molecular complexity index is 518. The summed E-state index contributed by atoms with van der Waals surface area (Å²) < 4.78 is 24.8. The van der Waals surface area contributed by atoms with Crippen molar-refractivity contribution in [2.45, 2.75) is 88.4 Å². The zero-order valence-electron chi connectivity index (χ0n) is 18.8. The van der Waals surface area contributed by atoms with Gasteiger partial charge in [0.2, 0.25) is 0 Å². The molecule has 8 heteroatoms. The molecule has 0 radical (unpaired) electrons. The molecule has 1 saturated carbocycles. The lowest BCUT2D eigenvalue weighted by atomic mass is 9.78. The molecule has 5 N–H and O–H groups in total. The van der Waals surface area contributed by atoms with Crippen molar-refractivity contribution in [2.24, 2.45) is 11.1 Å². The predicted molar refractivity (Wildman–Crippen MR) is 113 cm³/mol. The molecule has 2 heterocycles. The van der Waals surface area contributed by atoms with Crippen LogP contribution in [0.5, 0.6) is 0 Å². The largest absolute Gasteiger partial charge is 0.396 e. The lowest BCUT2D eigenvalue weighted by Crippen LogP contribution is -2.65. The summed E-state index contributed by atoms with van der Waals surface area (Å²) in [5.74, 6) is -1.28. The molecular weight excluding hydrogens is 388 g/mol. The maximum absolute atomic E-state index is 9.97. The first kappa shape index (κ1) is 24.3. The first-order valence-corrected chi connectivity index (χ1v) is 11.7. The monoisotopic (exact) mass is 430 g/mol. The third kappa shape index (κ3) is 5.02. The lowest BCUT2D eigenvalue weighted by molar-refractivity contribution is -0.366. The molecular formula is C22H42N2O6. The van der Waals surface area contributed by atoms with Crippen LogP contribution in [0.25, 0.3) is 0 Å². The standard InChI is InChI=1S/C22H42N2O6/c1-3-5-11-24-20(13-26)16-29-22(30-17-20)9-7-21(8-10-22)27-14-19(12-25,15-28-21)18(23)6-4-2/h18,24-26H,3-17,23H2,1-2H3. The van der Waals surface area contributed by atoms with E-state index in [2.05, 4.69) is 19.2 Å². The predicted octanol–water partition coefficient (Wildman–Crippen LogP) is 1.27. The van der Waals surface area contributed by atoms with Crippen molar-refractivity contribution in [3.8, 4) is 0 Å². The van der Waals surface area contributed by atoms with Crippen LogP contribution in [0.15, 0.2) is 0 Å². The highest BCUT2D eigenvalue weighted by Gasteiger charge is 2.54. The summed E-state index contributed by atoms with van der Waals surface area (Å²) in [5, 5.41) is 23.3. The Balaban J connectivity index is 1.52. The van der Waals surface area contributed by atoms with Gasteiger partial charge in [-0.15, -0.1) is 0 Å². The van der Waals surface area contributed by atoms with Gasteiger partial charge in [0.1, 0.15) is 0 Å². The van der Waals surface area contributed by atoms with E-state index >= 15 is 0 Å². The van der Waals surface area contributed by atoms with E-state index in [4.69, 9.17) is 24.7 Å². The number of rotatable bonds is 9. The van der Waals surface area contributed by atoms with Crippen molar-refractivity contribution < 1.29 is 29.2 Å². The highest BCUT2D eigenvalue weighted by molar-refractivity contribution is 4.98. The van der Waals surface area contributed by atoms with E-state index in [0.717, 1.165) is 32.2 Å². The van der Waals surface area contributed by atoms with E-state index in [1.165, 1.54) is 0 Å². The van der Waals surface area contributed by atoms with Gasteiger partial charge in [-0.3, -0.25) is 0 Å². The van der Waals surface area contributed by atoms with Gasteiger partial charge in [-0.05, 0) is 19.4 Å². The average molecular weight is 431 g/mol. The van der Waals surface area contributed by atoms with Crippen LogP contribution in [0.4, 0.5) is 0 Å². The Labute approximate surface area is 180 Å². The van der Waals surface area contributed by atoms with E-state index in [9.17, 15) is 10.2 Å². The van der Waals surface area contributed by atoms with Gasteiger partial charge in [0, 0.05) is 31.7 Å². The summed E-state index contributed by atoms with van der Waals surface area (Å²) in [6.07, 6.45) is 6.66. The fraction of sp³-hybridized carbons (Fsp3) is 1.00. The molecule has 2 aliphatic heterocycles. The Morgan fingerprint density at radius 3 is 1.80 bits per heavy atom. The van der Waals surface area contributed by atoms with Crippen LogP contribution in [0.3, 0.4) is 0 Å². The van der Waals surface area contributed by atoms with Crippen LogP contribution in [-0.4, -0.2) is 79.6 Å². The van der Waals surface area contributed by atoms with Gasteiger partial charge in [0.15, 0.2) is 11.6 Å². The molecule has 0 aromatic rings. The molecule has 176 valence electrons. The summed E-state index contributed by atoms with van der Waals surface area (Å²) >= 11 is 0. The van der Waals surface area contributed by atoms with Crippen LogP contribution in [-0.2, 0) is 18.9 Å². The molecule has 1 atom stereocenters. The topological polar surface area (TPSA) is 115 Å². The number of aliphatic hydroxyl groups is 2. The number of nitrogens with two attached hydrogens (primary N) is 1. The normalized spacial score (nSPS) is 40.7. The SMILES string of the molecule is CCCCNC1(CO)COC2(CCC3(CC2)OCC(CO)(C(N)CCC)CO3)OC1. The zero-order chi connectivity index (χ0) is 21.7. The van der Waals surface area contributed by atoms with Gasteiger partial charge >= 0.3 is 0 Å². The van der Waals surface area contributed by atoms with E-state index in [1.807, 2.05) is 0 Å². The second-order valence-electron chi connectivity index (χ2n) is 9.61. The van der Waals surface area contributed by atoms with Crippen molar-refractivity contribution in [1.29, 1.82) is 0 Å². The third-order valence-corrected chi connectivity index (χ3v) is 7.28. The molecule has 30 heavy (non-hydrogen) atoms. The number of aliphatic hydroxyl groups excluding tert-OH is 2. The van der Waals surface area contributed by atoms with Crippen molar-refractivity contribution in [2.75, 3.05) is 46.2 Å². The highest BCUT2D eigenvalue weighted by Crippen LogP contribution is 2.46. The molecule has 2 saturated heterocycles. The molecule has 3 rings (SSSR count). The van der Waals surface area contributed by atoms with E-state index in [0.29, 0.717) is 52.1 Å². The summed E-state index contributed by atoms with van der Waals surface area (Å²) in [6, 6.07) is -0.142. The minimum atomic E-state index is -0.645. The Morgan fingerprint density at radius 2 is 1.37 bits per heavy atom. The van der Waals surface area contributed by atoms with Crippen molar-refractivity contribution in [3.63, 3.8) is 0 Å². The molecule has 0 aromatic carbocycles. The number of unbranched alkanes of at least 4 members (excludes halogenated alkanes) is 1. The Morgan fingerprint density at radius 1 is 0.833 bits per heavy atom. The molecule has 1 aliphatic carbocycles. The second kappa shape index (κ2) is 10.1. The molecule has 0 amide bonds. The Kier molecular flexibility index (Phi) is 8.18. The van der Waals surface area contributed by atoms with Gasteiger partial charge in [-0.25, -0.2) is 0 Å². The molecule has 2 spiro atoms. The second-order valence-corrected chi connectivity index (χ2v) is 9.61. The first-order chi connectivity index (χ1) is 14.4. The van der Waals surface area contributed by atoms with Crippen LogP contribution in [0.1, 0.15) is 65.2 Å². The van der Waals surface area contributed by atoms with Gasteiger partial charge in [-0.2, -0.15) is 0 Å². The van der Waals surface area contributed by atoms with Crippen LogP contribution >= 0.6 is 0 Å². The molecule has 8 nitrogen and oxygen atoms in total. The Hall–Kier alpha value is -0.320. The van der Waals surface area contributed by atoms with Crippen LogP contribution in [0, 0.1) is 5.41 Å². The zero-order valence-corrected chi connectivity index (χ0v) is 18.8. The minimum Gasteiger partial charge on any atom is -0.396 e. The number of nitrogens with one attached hydrogen (secondary N) is 1. The van der Waals surface area contributed by atoms with Gasteiger partial charge < -0.3 is 40.2 Å². The van der Waals surface area contributed by atoms with Crippen LogP contribution < -0.4 is 11.1 Å². The molecule has 3 fully saturated rings. The van der Waals surface area contributed by atoms with Crippen molar-refractivity contribution >= 4 is 0 Å². The van der Waals surface area contributed by atoms with E-state index < -0.39 is 22.5 Å². The third-order valence-electron chi connectivity index (χ3n) is 7.28. The maximum atomic E-state index is 9.97. The van der Waals surface area contributed by atoms with Gasteiger partial charge in [0.25, 0.3) is 0 Å². The van der Waals surface area contributed by atoms with E-state index in [-0.39, 0.29) is 19.3 Å². The summed E-state index contributed by atoms with van der Waals surface area (Å²) in [6.45, 7) is 6.72. The fourth-order valence-electron chi connectivity index (χ4n) is 4.67. The molecule has 1 unspecified atom stereocenters. The quantitative estimate of drug-likeness (QED) is 0.404. The number of hydrogen-bond donors (Lipinski definition) is 4. The van der Waals surface area contributed by atoms with Crippen molar-refractivity contribution in [3.05, 3.63) is 0 Å². The van der Waals surface area contributed by atoms with Gasteiger partial charge in [-0.1, -0.05) is 26.7 Å².